The van der Waals surface area contributed by atoms with E-state index in [1.54, 1.807) is 42.3 Å². The second-order valence-electron chi connectivity index (χ2n) is 8.87. The van der Waals surface area contributed by atoms with Crippen molar-refractivity contribution in [3.63, 3.8) is 0 Å². The maximum Gasteiger partial charge on any atom is 0.295 e. The number of hydrogen-bond acceptors (Lipinski definition) is 7. The van der Waals surface area contributed by atoms with Gasteiger partial charge in [-0.2, -0.15) is 0 Å². The summed E-state index contributed by atoms with van der Waals surface area (Å²) in [5.74, 6) is -0.0618. The molecule has 1 fully saturated rings. The summed E-state index contributed by atoms with van der Waals surface area (Å²) in [5.41, 5.74) is 2.14. The van der Waals surface area contributed by atoms with Gasteiger partial charge in [-0.3, -0.25) is 9.59 Å². The average Bonchev–Trinajstić information content (AvgIpc) is 3.08. The molecule has 180 valence electrons. The summed E-state index contributed by atoms with van der Waals surface area (Å²) in [4.78, 5) is 31.9. The number of benzene rings is 2. The fourth-order valence-electron chi connectivity index (χ4n) is 4.45. The molecule has 1 atom stereocenters. The Hall–Kier alpha value is -3.52. The third-order valence-electron chi connectivity index (χ3n) is 6.30. The molecule has 4 rings (SSSR count). The Balaban J connectivity index is 1.79. The lowest BCUT2D eigenvalue weighted by molar-refractivity contribution is -0.139. The van der Waals surface area contributed by atoms with E-state index >= 15 is 0 Å². The van der Waals surface area contributed by atoms with Crippen molar-refractivity contribution in [2.24, 2.45) is 0 Å². The van der Waals surface area contributed by atoms with Gasteiger partial charge >= 0.3 is 0 Å². The van der Waals surface area contributed by atoms with Crippen LogP contribution in [-0.2, 0) is 9.59 Å². The fourth-order valence-corrected chi connectivity index (χ4v) is 4.45. The SMILES string of the molecule is COc1ccc(C2/C(=C(/O)c3ccc4c(c3)N(C)CCO4)C(=O)C(=O)N2CCCN(C)C)cc1. The predicted molar refractivity (Wildman–Crippen MR) is 130 cm³/mol. The van der Waals surface area contributed by atoms with Gasteiger partial charge in [-0.15, -0.1) is 0 Å². The Morgan fingerprint density at radius 1 is 1.18 bits per heavy atom. The van der Waals surface area contributed by atoms with Crippen LogP contribution in [0.1, 0.15) is 23.6 Å². The number of likely N-dealkylation sites (tertiary alicyclic amines) is 1. The van der Waals surface area contributed by atoms with Crippen molar-refractivity contribution in [3.05, 3.63) is 59.2 Å². The summed E-state index contributed by atoms with van der Waals surface area (Å²) in [6, 6.07) is 11.9. The van der Waals surface area contributed by atoms with Crippen molar-refractivity contribution in [1.82, 2.24) is 9.80 Å². The maximum absolute atomic E-state index is 13.2. The van der Waals surface area contributed by atoms with E-state index in [4.69, 9.17) is 9.47 Å². The van der Waals surface area contributed by atoms with E-state index in [1.165, 1.54) is 0 Å². The van der Waals surface area contributed by atoms with E-state index < -0.39 is 17.7 Å². The Labute approximate surface area is 200 Å². The molecule has 0 spiro atoms. The molecule has 0 radical (unpaired) electrons. The smallest absolute Gasteiger partial charge is 0.295 e. The first-order valence-electron chi connectivity index (χ1n) is 11.4. The number of aliphatic hydroxyl groups is 1. The highest BCUT2D eigenvalue weighted by atomic mass is 16.5. The van der Waals surface area contributed by atoms with E-state index in [2.05, 4.69) is 0 Å². The molecular weight excluding hydrogens is 434 g/mol. The molecule has 2 aromatic rings. The quantitative estimate of drug-likeness (QED) is 0.383. The molecule has 2 heterocycles. The molecule has 34 heavy (non-hydrogen) atoms. The Morgan fingerprint density at radius 2 is 1.91 bits per heavy atom. The minimum Gasteiger partial charge on any atom is -0.507 e. The summed E-state index contributed by atoms with van der Waals surface area (Å²) < 4.78 is 11.0. The number of likely N-dealkylation sites (N-methyl/N-ethyl adjacent to an activating group) is 1. The van der Waals surface area contributed by atoms with Crippen LogP contribution in [0.15, 0.2) is 48.0 Å². The molecule has 1 N–H and O–H groups in total. The number of carbonyl (C=O) groups is 2. The highest BCUT2D eigenvalue weighted by Crippen LogP contribution is 2.41. The van der Waals surface area contributed by atoms with Gasteiger partial charge in [-0.25, -0.2) is 0 Å². The number of nitrogens with zero attached hydrogens (tertiary/aromatic N) is 3. The molecule has 8 nitrogen and oxygen atoms in total. The third-order valence-corrected chi connectivity index (χ3v) is 6.30. The summed E-state index contributed by atoms with van der Waals surface area (Å²) in [6.07, 6.45) is 0.702. The monoisotopic (exact) mass is 465 g/mol. The van der Waals surface area contributed by atoms with Gasteiger partial charge in [0.15, 0.2) is 0 Å². The van der Waals surface area contributed by atoms with E-state index in [0.29, 0.717) is 30.9 Å². The molecule has 2 aromatic carbocycles. The van der Waals surface area contributed by atoms with Crippen molar-refractivity contribution in [2.75, 3.05) is 59.4 Å². The molecule has 2 aliphatic rings. The molecule has 0 bridgehead atoms. The zero-order chi connectivity index (χ0) is 24.4. The molecule has 0 saturated carbocycles. The number of ketones is 1. The molecule has 0 aromatic heterocycles. The summed E-state index contributed by atoms with van der Waals surface area (Å²) >= 11 is 0. The molecule has 1 amide bonds. The van der Waals surface area contributed by atoms with E-state index in [9.17, 15) is 14.7 Å². The molecule has 1 saturated heterocycles. The standard InChI is InChI=1S/C26H31N3O5/c1-27(2)12-5-13-29-23(17-6-9-19(33-4)10-7-17)22(25(31)26(29)32)24(30)18-8-11-21-20(16-18)28(3)14-15-34-21/h6-11,16,23,30H,5,12-15H2,1-4H3/b24-22-. The topological polar surface area (TPSA) is 82.5 Å². The number of amides is 1. The van der Waals surface area contributed by atoms with Crippen LogP contribution in [0.2, 0.25) is 0 Å². The molecule has 8 heteroatoms. The fraction of sp³-hybridized carbons (Fsp3) is 0.385. The van der Waals surface area contributed by atoms with Crippen LogP contribution in [0.5, 0.6) is 11.5 Å². The van der Waals surface area contributed by atoms with Crippen LogP contribution < -0.4 is 14.4 Å². The van der Waals surface area contributed by atoms with Crippen molar-refractivity contribution in [1.29, 1.82) is 0 Å². The van der Waals surface area contributed by atoms with Gasteiger partial charge in [0.2, 0.25) is 0 Å². The van der Waals surface area contributed by atoms with Gasteiger partial charge in [-0.1, -0.05) is 12.1 Å². The minimum atomic E-state index is -0.682. The first-order valence-corrected chi connectivity index (χ1v) is 11.4. The normalized spacial score (nSPS) is 19.4. The predicted octanol–water partition coefficient (Wildman–Crippen LogP) is 2.90. The number of rotatable bonds is 7. The summed E-state index contributed by atoms with van der Waals surface area (Å²) in [6.45, 7) is 2.48. The number of methoxy groups -OCH3 is 1. The molecule has 2 aliphatic heterocycles. The van der Waals surface area contributed by atoms with Crippen molar-refractivity contribution in [3.8, 4) is 11.5 Å². The number of ether oxygens (including phenoxy) is 2. The van der Waals surface area contributed by atoms with Gasteiger partial charge in [0.05, 0.1) is 31.0 Å². The van der Waals surface area contributed by atoms with Crippen molar-refractivity contribution < 1.29 is 24.2 Å². The van der Waals surface area contributed by atoms with Gasteiger partial charge in [0.25, 0.3) is 11.7 Å². The first kappa shape index (κ1) is 23.6. The Bertz CT molecular complexity index is 1110. The van der Waals surface area contributed by atoms with Crippen LogP contribution in [-0.4, -0.2) is 81.1 Å². The van der Waals surface area contributed by atoms with E-state index in [-0.39, 0.29) is 11.3 Å². The number of aliphatic hydroxyl groups excluding tert-OH is 1. The van der Waals surface area contributed by atoms with Crippen LogP contribution in [0.25, 0.3) is 5.76 Å². The van der Waals surface area contributed by atoms with Crippen LogP contribution in [0.4, 0.5) is 5.69 Å². The average molecular weight is 466 g/mol. The maximum atomic E-state index is 13.2. The number of fused-ring (bicyclic) bond motifs is 1. The van der Waals surface area contributed by atoms with E-state index in [0.717, 1.165) is 30.1 Å². The lowest BCUT2D eigenvalue weighted by Crippen LogP contribution is -2.32. The number of Topliss-reactive ketones (excluding diaryl/α,β-unsaturated/α-hetero) is 1. The molecule has 1 unspecified atom stereocenters. The zero-order valence-corrected chi connectivity index (χ0v) is 20.1. The lowest BCUT2D eigenvalue weighted by atomic mass is 9.95. The molecule has 0 aliphatic carbocycles. The van der Waals surface area contributed by atoms with Crippen molar-refractivity contribution in [2.45, 2.75) is 12.5 Å². The summed E-state index contributed by atoms with van der Waals surface area (Å²) in [7, 11) is 7.46. The lowest BCUT2D eigenvalue weighted by Gasteiger charge is -2.28. The minimum absolute atomic E-state index is 0.0966. The number of anilines is 1. The molecular formula is C26H31N3O5. The highest BCUT2D eigenvalue weighted by molar-refractivity contribution is 6.46. The van der Waals surface area contributed by atoms with Gasteiger partial charge in [0.1, 0.15) is 23.9 Å². The van der Waals surface area contributed by atoms with Crippen LogP contribution >= 0.6 is 0 Å². The number of carbonyl (C=O) groups excluding carboxylic acids is 2. The number of hydrogen-bond donors (Lipinski definition) is 1. The van der Waals surface area contributed by atoms with Crippen LogP contribution in [0.3, 0.4) is 0 Å². The van der Waals surface area contributed by atoms with Crippen molar-refractivity contribution >= 4 is 23.1 Å². The van der Waals surface area contributed by atoms with E-state index in [1.807, 2.05) is 43.1 Å². The zero-order valence-electron chi connectivity index (χ0n) is 20.1. The first-order chi connectivity index (χ1) is 16.3. The highest BCUT2D eigenvalue weighted by Gasteiger charge is 2.45. The largest absolute Gasteiger partial charge is 0.507 e. The second-order valence-corrected chi connectivity index (χ2v) is 8.87. The van der Waals surface area contributed by atoms with Crippen LogP contribution in [0, 0.1) is 0 Å². The third kappa shape index (κ3) is 4.46. The van der Waals surface area contributed by atoms with Gasteiger partial charge in [0, 0.05) is 19.2 Å². The second kappa shape index (κ2) is 9.77. The Kier molecular flexibility index (Phi) is 6.79. The van der Waals surface area contributed by atoms with Gasteiger partial charge < -0.3 is 29.3 Å². The Morgan fingerprint density at radius 3 is 2.59 bits per heavy atom. The van der Waals surface area contributed by atoms with Gasteiger partial charge in [-0.05, 0) is 63.0 Å². The summed E-state index contributed by atoms with van der Waals surface area (Å²) in [5, 5.41) is 11.3.